The fourth-order valence-electron chi connectivity index (χ4n) is 1.29. The van der Waals surface area contributed by atoms with Crippen LogP contribution in [0, 0.1) is 12.7 Å². The maximum atomic E-state index is 13.0. The molecule has 0 saturated carbocycles. The minimum Gasteiger partial charge on any atom is -0.505 e. The highest BCUT2D eigenvalue weighted by Gasteiger charge is 2.02. The third-order valence-electron chi connectivity index (χ3n) is 2.08. The van der Waals surface area contributed by atoms with E-state index < -0.39 is 5.82 Å². The highest BCUT2D eigenvalue weighted by Crippen LogP contribution is 2.20. The first kappa shape index (κ1) is 10.9. The Morgan fingerprint density at radius 3 is 2.94 bits per heavy atom. The number of benzene rings is 1. The summed E-state index contributed by atoms with van der Waals surface area (Å²) in [6, 6.07) is 4.23. The van der Waals surface area contributed by atoms with Gasteiger partial charge in [0.05, 0.1) is 11.6 Å². The molecule has 0 unspecified atom stereocenters. The third-order valence-corrected chi connectivity index (χ3v) is 3.00. The average Bonchev–Trinajstić information content (AvgIpc) is 2.66. The van der Waals surface area contributed by atoms with E-state index in [0.29, 0.717) is 12.2 Å². The number of hydrogen-bond donors (Lipinski definition) is 2. The predicted octanol–water partition coefficient (Wildman–Crippen LogP) is 2.91. The Morgan fingerprint density at radius 2 is 2.31 bits per heavy atom. The number of thiazole rings is 1. The topological polar surface area (TPSA) is 45.2 Å². The van der Waals surface area contributed by atoms with Crippen molar-refractivity contribution in [1.82, 2.24) is 4.98 Å². The minimum absolute atomic E-state index is 0.334. The molecule has 16 heavy (non-hydrogen) atoms. The van der Waals surface area contributed by atoms with Crippen LogP contribution in [0.2, 0.25) is 0 Å². The fraction of sp³-hybridized carbons (Fsp3) is 0.182. The number of phenolic OH excluding ortho intramolecular Hbond substituents is 1. The second-order valence-electron chi connectivity index (χ2n) is 3.37. The van der Waals surface area contributed by atoms with Gasteiger partial charge in [-0.1, -0.05) is 0 Å². The summed E-state index contributed by atoms with van der Waals surface area (Å²) in [5.41, 5.74) is 0.640. The first-order valence-corrected chi connectivity index (χ1v) is 5.60. The van der Waals surface area contributed by atoms with Crippen LogP contribution in [-0.2, 0) is 6.54 Å². The maximum Gasteiger partial charge on any atom is 0.166 e. The van der Waals surface area contributed by atoms with Crippen LogP contribution in [0.4, 0.5) is 10.1 Å². The number of halogens is 1. The molecule has 0 aliphatic carbocycles. The van der Waals surface area contributed by atoms with Crippen molar-refractivity contribution in [3.8, 4) is 5.75 Å². The normalized spacial score (nSPS) is 10.4. The summed E-state index contributed by atoms with van der Waals surface area (Å²) in [7, 11) is 0. The van der Waals surface area contributed by atoms with Crippen LogP contribution in [0.3, 0.4) is 0 Å². The Kier molecular flexibility index (Phi) is 3.05. The van der Waals surface area contributed by atoms with Gasteiger partial charge in [-0.15, -0.1) is 11.3 Å². The van der Waals surface area contributed by atoms with E-state index in [1.165, 1.54) is 12.1 Å². The summed E-state index contributed by atoms with van der Waals surface area (Å²) in [5, 5.41) is 13.1. The summed E-state index contributed by atoms with van der Waals surface area (Å²) in [4.78, 5) is 5.21. The van der Waals surface area contributed by atoms with Gasteiger partial charge in [0, 0.05) is 22.8 Å². The van der Waals surface area contributed by atoms with E-state index in [0.717, 1.165) is 9.88 Å². The van der Waals surface area contributed by atoms with Crippen molar-refractivity contribution in [2.45, 2.75) is 13.5 Å². The zero-order valence-corrected chi connectivity index (χ0v) is 9.51. The van der Waals surface area contributed by atoms with Crippen LogP contribution in [-0.4, -0.2) is 10.1 Å². The molecule has 0 amide bonds. The summed E-state index contributed by atoms with van der Waals surface area (Å²) < 4.78 is 13.0. The molecule has 2 aromatic rings. The van der Waals surface area contributed by atoms with Crippen LogP contribution < -0.4 is 5.32 Å². The molecule has 1 heterocycles. The highest BCUT2D eigenvalue weighted by atomic mass is 32.1. The van der Waals surface area contributed by atoms with Gasteiger partial charge in [-0.3, -0.25) is 0 Å². The van der Waals surface area contributed by atoms with Gasteiger partial charge >= 0.3 is 0 Å². The van der Waals surface area contributed by atoms with Crippen LogP contribution in [0.5, 0.6) is 5.75 Å². The molecule has 2 N–H and O–H groups in total. The monoisotopic (exact) mass is 238 g/mol. The molecular formula is C11H11FN2OS. The van der Waals surface area contributed by atoms with Crippen LogP contribution in [0.25, 0.3) is 0 Å². The van der Waals surface area contributed by atoms with E-state index in [1.807, 2.05) is 6.92 Å². The molecule has 0 aliphatic rings. The summed E-state index contributed by atoms with van der Waals surface area (Å²) in [5.74, 6) is -0.954. The maximum absolute atomic E-state index is 13.0. The zero-order valence-electron chi connectivity index (χ0n) is 8.70. The van der Waals surface area contributed by atoms with Gasteiger partial charge in [0.25, 0.3) is 0 Å². The molecular weight excluding hydrogens is 227 g/mol. The number of nitrogens with one attached hydrogen (secondary N) is 1. The first-order chi connectivity index (χ1) is 7.65. The van der Waals surface area contributed by atoms with Crippen molar-refractivity contribution >= 4 is 17.0 Å². The fourth-order valence-corrected chi connectivity index (χ4v) is 2.03. The summed E-state index contributed by atoms with van der Waals surface area (Å²) in [6.45, 7) is 2.55. The lowest BCUT2D eigenvalue weighted by Gasteiger charge is -2.04. The van der Waals surface area contributed by atoms with Gasteiger partial charge in [-0.2, -0.15) is 0 Å². The van der Waals surface area contributed by atoms with Crippen molar-refractivity contribution in [2.75, 3.05) is 5.32 Å². The molecule has 2 rings (SSSR count). The molecule has 84 valence electrons. The molecule has 0 atom stereocenters. The number of nitrogens with zero attached hydrogens (tertiary/aromatic N) is 1. The smallest absolute Gasteiger partial charge is 0.166 e. The molecule has 0 saturated heterocycles. The molecule has 0 fully saturated rings. The van der Waals surface area contributed by atoms with E-state index in [1.54, 1.807) is 23.6 Å². The van der Waals surface area contributed by atoms with Gasteiger partial charge in [-0.05, 0) is 19.1 Å². The Bertz CT molecular complexity index is 498. The summed E-state index contributed by atoms with van der Waals surface area (Å²) in [6.07, 6.45) is 1.80. The lowest BCUT2D eigenvalue weighted by Crippen LogP contribution is -1.97. The molecule has 1 aromatic heterocycles. The Balaban J connectivity index is 2.02. The highest BCUT2D eigenvalue weighted by molar-refractivity contribution is 7.11. The van der Waals surface area contributed by atoms with E-state index >= 15 is 0 Å². The van der Waals surface area contributed by atoms with Crippen molar-refractivity contribution in [3.63, 3.8) is 0 Å². The zero-order chi connectivity index (χ0) is 11.5. The second-order valence-corrected chi connectivity index (χ2v) is 4.68. The van der Waals surface area contributed by atoms with Gasteiger partial charge < -0.3 is 10.4 Å². The Labute approximate surface area is 96.6 Å². The molecule has 5 heteroatoms. The van der Waals surface area contributed by atoms with Crippen LogP contribution in [0.1, 0.15) is 9.88 Å². The van der Waals surface area contributed by atoms with Gasteiger partial charge in [0.2, 0.25) is 0 Å². The predicted molar refractivity (Wildman–Crippen MR) is 62.2 cm³/mol. The average molecular weight is 238 g/mol. The number of aromatic nitrogens is 1. The number of anilines is 1. The van der Waals surface area contributed by atoms with E-state index in [4.69, 9.17) is 5.11 Å². The Hall–Kier alpha value is -1.62. The van der Waals surface area contributed by atoms with Gasteiger partial charge in [-0.25, -0.2) is 9.37 Å². The van der Waals surface area contributed by atoms with Crippen molar-refractivity contribution in [2.24, 2.45) is 0 Å². The lowest BCUT2D eigenvalue weighted by molar-refractivity contribution is 0.432. The van der Waals surface area contributed by atoms with Crippen molar-refractivity contribution in [1.29, 1.82) is 0 Å². The number of phenols is 1. The minimum atomic E-state index is -0.620. The van der Waals surface area contributed by atoms with E-state index in [-0.39, 0.29) is 5.75 Å². The first-order valence-electron chi connectivity index (χ1n) is 4.79. The molecule has 0 aliphatic heterocycles. The molecule has 3 nitrogen and oxygen atoms in total. The van der Waals surface area contributed by atoms with Crippen molar-refractivity contribution < 1.29 is 9.50 Å². The summed E-state index contributed by atoms with van der Waals surface area (Å²) >= 11 is 1.60. The SMILES string of the molecule is Cc1ncc(CNc2ccc(O)c(F)c2)s1. The number of hydrogen-bond acceptors (Lipinski definition) is 4. The lowest BCUT2D eigenvalue weighted by atomic mass is 10.3. The standard InChI is InChI=1S/C11H11FN2OS/c1-7-13-5-9(16-7)6-14-8-2-3-11(15)10(12)4-8/h2-5,14-15H,6H2,1H3. The second kappa shape index (κ2) is 4.49. The molecule has 0 radical (unpaired) electrons. The largest absolute Gasteiger partial charge is 0.505 e. The van der Waals surface area contributed by atoms with Crippen LogP contribution in [0.15, 0.2) is 24.4 Å². The number of rotatable bonds is 3. The Morgan fingerprint density at radius 1 is 1.50 bits per heavy atom. The molecule has 0 bridgehead atoms. The third kappa shape index (κ3) is 2.49. The molecule has 0 spiro atoms. The number of aryl methyl sites for hydroxylation is 1. The van der Waals surface area contributed by atoms with Gasteiger partial charge in [0.15, 0.2) is 11.6 Å². The number of aromatic hydroxyl groups is 1. The quantitative estimate of drug-likeness (QED) is 0.808. The van der Waals surface area contributed by atoms with Gasteiger partial charge in [0.1, 0.15) is 0 Å². The van der Waals surface area contributed by atoms with Crippen LogP contribution >= 0.6 is 11.3 Å². The van der Waals surface area contributed by atoms with E-state index in [2.05, 4.69) is 10.3 Å². The van der Waals surface area contributed by atoms with E-state index in [9.17, 15) is 4.39 Å². The molecule has 1 aromatic carbocycles. The van der Waals surface area contributed by atoms with Crippen molar-refractivity contribution in [3.05, 3.63) is 40.1 Å².